The van der Waals surface area contributed by atoms with Gasteiger partial charge < -0.3 is 0 Å². The van der Waals surface area contributed by atoms with E-state index < -0.39 is 5.41 Å². The van der Waals surface area contributed by atoms with Crippen molar-refractivity contribution < 1.29 is 4.79 Å². The SMILES string of the molecule is CCCCCn1c(C(=O)C(C)(C)C)nc2ccccc2c1=O. The van der Waals surface area contributed by atoms with Crippen LogP contribution in [0.1, 0.15) is 57.6 Å². The minimum atomic E-state index is -0.561. The molecule has 4 heteroatoms. The highest BCUT2D eigenvalue weighted by Crippen LogP contribution is 2.20. The summed E-state index contributed by atoms with van der Waals surface area (Å²) in [6, 6.07) is 7.22. The number of aromatic nitrogens is 2. The van der Waals surface area contributed by atoms with Crippen molar-refractivity contribution in [1.82, 2.24) is 9.55 Å². The van der Waals surface area contributed by atoms with Crippen molar-refractivity contribution in [3.63, 3.8) is 0 Å². The van der Waals surface area contributed by atoms with Crippen LogP contribution in [0.2, 0.25) is 0 Å². The lowest BCUT2D eigenvalue weighted by atomic mass is 9.90. The minimum Gasteiger partial charge on any atom is -0.290 e. The Morgan fingerprint density at radius 1 is 1.18 bits per heavy atom. The van der Waals surface area contributed by atoms with Gasteiger partial charge in [0.15, 0.2) is 5.82 Å². The monoisotopic (exact) mass is 300 g/mol. The Labute approximate surface area is 131 Å². The predicted molar refractivity (Wildman–Crippen MR) is 89.3 cm³/mol. The van der Waals surface area contributed by atoms with Gasteiger partial charge >= 0.3 is 0 Å². The van der Waals surface area contributed by atoms with E-state index in [-0.39, 0.29) is 17.2 Å². The normalized spacial score (nSPS) is 11.8. The molecule has 0 aliphatic carbocycles. The van der Waals surface area contributed by atoms with Crippen LogP contribution < -0.4 is 5.56 Å². The fourth-order valence-electron chi connectivity index (χ4n) is 2.40. The van der Waals surface area contributed by atoms with E-state index in [4.69, 9.17) is 0 Å². The second-order valence-corrected chi connectivity index (χ2v) is 6.70. The summed E-state index contributed by atoms with van der Waals surface area (Å²) >= 11 is 0. The lowest BCUT2D eigenvalue weighted by Crippen LogP contribution is -2.32. The van der Waals surface area contributed by atoms with Crippen molar-refractivity contribution in [2.45, 2.75) is 53.5 Å². The second kappa shape index (κ2) is 6.42. The third-order valence-corrected chi connectivity index (χ3v) is 3.73. The number of unbranched alkanes of at least 4 members (excludes halogenated alkanes) is 2. The van der Waals surface area contributed by atoms with E-state index in [0.29, 0.717) is 17.4 Å². The topological polar surface area (TPSA) is 52.0 Å². The number of fused-ring (bicyclic) bond motifs is 1. The van der Waals surface area contributed by atoms with Crippen molar-refractivity contribution in [1.29, 1.82) is 0 Å². The summed E-state index contributed by atoms with van der Waals surface area (Å²) in [6.45, 7) is 8.22. The molecule has 0 saturated carbocycles. The zero-order valence-corrected chi connectivity index (χ0v) is 13.8. The number of Topliss-reactive ketones (excluding diaryl/α,β-unsaturated/α-hetero) is 1. The van der Waals surface area contributed by atoms with Crippen molar-refractivity contribution in [3.05, 3.63) is 40.4 Å². The summed E-state index contributed by atoms with van der Waals surface area (Å²) in [6.07, 6.45) is 2.97. The zero-order chi connectivity index (χ0) is 16.3. The summed E-state index contributed by atoms with van der Waals surface area (Å²) in [5.41, 5.74) is -0.0878. The minimum absolute atomic E-state index is 0.0909. The molecule has 0 fully saturated rings. The highest BCUT2D eigenvalue weighted by molar-refractivity contribution is 5.98. The van der Waals surface area contributed by atoms with Crippen molar-refractivity contribution in [2.24, 2.45) is 5.41 Å². The van der Waals surface area contributed by atoms with Crippen LogP contribution in [0.4, 0.5) is 0 Å². The van der Waals surface area contributed by atoms with E-state index in [0.717, 1.165) is 19.3 Å². The Hall–Kier alpha value is -1.97. The average Bonchev–Trinajstić information content (AvgIpc) is 2.48. The van der Waals surface area contributed by atoms with Gasteiger partial charge in [-0.2, -0.15) is 0 Å². The number of hydrogen-bond donors (Lipinski definition) is 0. The van der Waals surface area contributed by atoms with Crippen LogP contribution in [0.3, 0.4) is 0 Å². The summed E-state index contributed by atoms with van der Waals surface area (Å²) in [5.74, 6) is 0.194. The highest BCUT2D eigenvalue weighted by atomic mass is 16.1. The molecule has 0 saturated heterocycles. The van der Waals surface area contributed by atoms with Crippen LogP contribution in [0, 0.1) is 5.41 Å². The van der Waals surface area contributed by atoms with Crippen molar-refractivity contribution >= 4 is 16.7 Å². The van der Waals surface area contributed by atoms with E-state index in [1.54, 1.807) is 16.7 Å². The molecule has 0 aliphatic rings. The molecule has 0 spiro atoms. The maximum Gasteiger partial charge on any atom is 0.261 e. The first-order valence-corrected chi connectivity index (χ1v) is 7.90. The van der Waals surface area contributed by atoms with Gasteiger partial charge in [-0.3, -0.25) is 14.2 Å². The van der Waals surface area contributed by atoms with Gasteiger partial charge in [0.05, 0.1) is 10.9 Å². The molecule has 1 heterocycles. The van der Waals surface area contributed by atoms with Crippen LogP contribution >= 0.6 is 0 Å². The standard InChI is InChI=1S/C18H24N2O2/c1-5-6-9-12-20-16(15(21)18(2,3)4)19-14-11-8-7-10-13(14)17(20)22/h7-8,10-11H,5-6,9,12H2,1-4H3. The summed E-state index contributed by atoms with van der Waals surface area (Å²) in [4.78, 5) is 29.9. The van der Waals surface area contributed by atoms with Gasteiger partial charge in [-0.1, -0.05) is 52.7 Å². The van der Waals surface area contributed by atoms with Gasteiger partial charge in [-0.25, -0.2) is 4.98 Å². The lowest BCUT2D eigenvalue weighted by Gasteiger charge is -2.19. The van der Waals surface area contributed by atoms with E-state index in [1.165, 1.54) is 0 Å². The number of benzene rings is 1. The summed E-state index contributed by atoms with van der Waals surface area (Å²) < 4.78 is 1.56. The van der Waals surface area contributed by atoms with Gasteiger partial charge in [0, 0.05) is 12.0 Å². The van der Waals surface area contributed by atoms with Crippen LogP contribution in [0.5, 0.6) is 0 Å². The molecule has 0 amide bonds. The fraction of sp³-hybridized carbons (Fsp3) is 0.500. The van der Waals surface area contributed by atoms with Gasteiger partial charge in [0.2, 0.25) is 5.78 Å². The van der Waals surface area contributed by atoms with Crippen LogP contribution in [-0.4, -0.2) is 15.3 Å². The number of carbonyl (C=O) groups is 1. The molecule has 0 aliphatic heterocycles. The molecular weight excluding hydrogens is 276 g/mol. The van der Waals surface area contributed by atoms with Crippen molar-refractivity contribution in [3.8, 4) is 0 Å². The van der Waals surface area contributed by atoms with Gasteiger partial charge in [0.1, 0.15) is 0 Å². The fourth-order valence-corrected chi connectivity index (χ4v) is 2.40. The predicted octanol–water partition coefficient (Wildman–Crippen LogP) is 3.82. The summed E-state index contributed by atoms with van der Waals surface area (Å²) in [7, 11) is 0. The van der Waals surface area contributed by atoms with E-state index in [9.17, 15) is 9.59 Å². The first-order chi connectivity index (χ1) is 10.4. The highest BCUT2D eigenvalue weighted by Gasteiger charge is 2.28. The van der Waals surface area contributed by atoms with Gasteiger partial charge in [-0.15, -0.1) is 0 Å². The zero-order valence-electron chi connectivity index (χ0n) is 13.8. The largest absolute Gasteiger partial charge is 0.290 e. The molecule has 1 aromatic heterocycles. The molecule has 0 atom stereocenters. The number of para-hydroxylation sites is 1. The Balaban J connectivity index is 2.63. The Bertz CT molecular complexity index is 739. The first kappa shape index (κ1) is 16.4. The van der Waals surface area contributed by atoms with Gasteiger partial charge in [0.25, 0.3) is 5.56 Å². The van der Waals surface area contributed by atoms with E-state index in [2.05, 4.69) is 11.9 Å². The molecule has 4 nitrogen and oxygen atoms in total. The maximum atomic E-state index is 12.7. The number of carbonyl (C=O) groups excluding carboxylic acids is 1. The molecule has 1 aromatic carbocycles. The smallest absolute Gasteiger partial charge is 0.261 e. The molecule has 2 rings (SSSR count). The number of hydrogen-bond acceptors (Lipinski definition) is 3. The number of rotatable bonds is 5. The molecule has 118 valence electrons. The quantitative estimate of drug-likeness (QED) is 0.623. The number of ketones is 1. The third-order valence-electron chi connectivity index (χ3n) is 3.73. The molecule has 0 N–H and O–H groups in total. The average molecular weight is 300 g/mol. The molecule has 0 bridgehead atoms. The lowest BCUT2D eigenvalue weighted by molar-refractivity contribution is 0.0840. The first-order valence-electron chi connectivity index (χ1n) is 7.90. The molecule has 2 aromatic rings. The second-order valence-electron chi connectivity index (χ2n) is 6.70. The van der Waals surface area contributed by atoms with Gasteiger partial charge in [-0.05, 0) is 18.6 Å². The Morgan fingerprint density at radius 3 is 2.50 bits per heavy atom. The maximum absolute atomic E-state index is 12.7. The Kier molecular flexibility index (Phi) is 4.79. The molecule has 0 unspecified atom stereocenters. The number of nitrogens with zero attached hydrogens (tertiary/aromatic N) is 2. The van der Waals surface area contributed by atoms with Crippen LogP contribution in [0.15, 0.2) is 29.1 Å². The van der Waals surface area contributed by atoms with E-state index in [1.807, 2.05) is 32.9 Å². The molecular formula is C18H24N2O2. The summed E-state index contributed by atoms with van der Waals surface area (Å²) in [5, 5.41) is 0.574. The third kappa shape index (κ3) is 3.26. The van der Waals surface area contributed by atoms with Crippen LogP contribution in [-0.2, 0) is 6.54 Å². The van der Waals surface area contributed by atoms with Crippen LogP contribution in [0.25, 0.3) is 10.9 Å². The molecule has 0 radical (unpaired) electrons. The Morgan fingerprint density at radius 2 is 1.86 bits per heavy atom. The van der Waals surface area contributed by atoms with Crippen molar-refractivity contribution in [2.75, 3.05) is 0 Å². The van der Waals surface area contributed by atoms with E-state index >= 15 is 0 Å². The molecule has 22 heavy (non-hydrogen) atoms.